The summed E-state index contributed by atoms with van der Waals surface area (Å²) in [6.45, 7) is 4.29. The summed E-state index contributed by atoms with van der Waals surface area (Å²) in [5.74, 6) is -0.479. The molecule has 4 heterocycles. The molecular formula is C26H27FN6O2. The molecule has 180 valence electrons. The molecule has 4 aromatic rings. The number of benzene rings is 1. The van der Waals surface area contributed by atoms with Crippen molar-refractivity contribution >= 4 is 17.2 Å². The van der Waals surface area contributed by atoms with Crippen molar-refractivity contribution in [2.45, 2.75) is 25.9 Å². The Hall–Kier alpha value is -3.69. The number of halogens is 1. The minimum atomic E-state index is -0.353. The van der Waals surface area contributed by atoms with Crippen LogP contribution in [0.25, 0.3) is 28.2 Å². The Morgan fingerprint density at radius 3 is 2.66 bits per heavy atom. The molecule has 1 atom stereocenters. The van der Waals surface area contributed by atoms with Crippen LogP contribution in [-0.2, 0) is 4.74 Å². The van der Waals surface area contributed by atoms with Gasteiger partial charge in [0.15, 0.2) is 11.6 Å². The van der Waals surface area contributed by atoms with Crippen LogP contribution in [0.2, 0.25) is 0 Å². The number of fused-ring (bicyclic) bond motifs is 1. The van der Waals surface area contributed by atoms with E-state index in [1.54, 1.807) is 18.3 Å². The molecule has 8 nitrogen and oxygen atoms in total. The first-order valence-electron chi connectivity index (χ1n) is 11.6. The average molecular weight is 475 g/mol. The first-order chi connectivity index (χ1) is 16.9. The van der Waals surface area contributed by atoms with Gasteiger partial charge in [-0.2, -0.15) is 0 Å². The highest BCUT2D eigenvalue weighted by Gasteiger charge is 2.23. The Balaban J connectivity index is 1.54. The number of hydrogen-bond acceptors (Lipinski definition) is 7. The van der Waals surface area contributed by atoms with Gasteiger partial charge in [0.25, 0.3) is 0 Å². The highest BCUT2D eigenvalue weighted by atomic mass is 19.1. The Labute approximate surface area is 202 Å². The lowest BCUT2D eigenvalue weighted by atomic mass is 10.0. The average Bonchev–Trinajstić information content (AvgIpc) is 3.23. The van der Waals surface area contributed by atoms with Crippen LogP contribution in [0.4, 0.5) is 10.2 Å². The fourth-order valence-corrected chi connectivity index (χ4v) is 4.36. The van der Waals surface area contributed by atoms with Crippen LogP contribution in [0.3, 0.4) is 0 Å². The van der Waals surface area contributed by atoms with Crippen molar-refractivity contribution in [3.05, 3.63) is 66.0 Å². The number of ether oxygens (including phenoxy) is 1. The summed E-state index contributed by atoms with van der Waals surface area (Å²) in [7, 11) is 2.04. The van der Waals surface area contributed by atoms with E-state index >= 15 is 0 Å². The van der Waals surface area contributed by atoms with Crippen molar-refractivity contribution in [2.75, 3.05) is 32.5 Å². The molecule has 0 bridgehead atoms. The smallest absolute Gasteiger partial charge is 0.185 e. The van der Waals surface area contributed by atoms with Gasteiger partial charge in [-0.25, -0.2) is 19.3 Å². The summed E-state index contributed by atoms with van der Waals surface area (Å²) in [5, 5.41) is 0. The number of anilines is 1. The van der Waals surface area contributed by atoms with Gasteiger partial charge in [-0.15, -0.1) is 0 Å². The van der Waals surface area contributed by atoms with E-state index in [0.717, 1.165) is 30.0 Å². The molecule has 0 aliphatic carbocycles. The van der Waals surface area contributed by atoms with Gasteiger partial charge in [-0.1, -0.05) is 0 Å². The highest BCUT2D eigenvalue weighted by Crippen LogP contribution is 2.32. The number of aryl methyl sites for hydroxylation is 1. The molecule has 1 aliphatic heterocycles. The number of likely N-dealkylation sites (N-methyl/N-ethyl adjacent to an activating group) is 1. The molecule has 1 aromatic carbocycles. The molecule has 35 heavy (non-hydrogen) atoms. The molecule has 0 spiro atoms. The number of ketones is 1. The first-order valence-corrected chi connectivity index (χ1v) is 11.6. The quantitative estimate of drug-likeness (QED) is 0.425. The second-order valence-corrected chi connectivity index (χ2v) is 8.92. The fraction of sp³-hybridized carbons (Fsp3) is 0.308. The predicted octanol–water partition coefficient (Wildman–Crippen LogP) is 3.78. The van der Waals surface area contributed by atoms with Gasteiger partial charge in [-0.05, 0) is 56.8 Å². The van der Waals surface area contributed by atoms with Crippen molar-refractivity contribution in [3.8, 4) is 22.5 Å². The molecule has 0 amide bonds. The lowest BCUT2D eigenvalue weighted by molar-refractivity contribution is -0.0233. The summed E-state index contributed by atoms with van der Waals surface area (Å²) >= 11 is 0. The Bertz CT molecular complexity index is 1380. The summed E-state index contributed by atoms with van der Waals surface area (Å²) in [6, 6.07) is 9.74. The monoisotopic (exact) mass is 474 g/mol. The van der Waals surface area contributed by atoms with Gasteiger partial charge >= 0.3 is 0 Å². The summed E-state index contributed by atoms with van der Waals surface area (Å²) in [6.07, 6.45) is 4.53. The van der Waals surface area contributed by atoms with Crippen molar-refractivity contribution in [1.29, 1.82) is 0 Å². The number of nitrogens with two attached hydrogens (primary N) is 1. The zero-order valence-electron chi connectivity index (χ0n) is 19.7. The predicted molar refractivity (Wildman–Crippen MR) is 132 cm³/mol. The third kappa shape index (κ3) is 4.78. The number of pyridine rings is 1. The summed E-state index contributed by atoms with van der Waals surface area (Å²) < 4.78 is 21.3. The number of nitrogens with zero attached hydrogens (tertiary/aromatic N) is 5. The van der Waals surface area contributed by atoms with Crippen LogP contribution in [0.15, 0.2) is 48.8 Å². The maximum atomic E-state index is 13.6. The molecule has 1 aliphatic rings. The van der Waals surface area contributed by atoms with E-state index < -0.39 is 0 Å². The van der Waals surface area contributed by atoms with Crippen LogP contribution in [-0.4, -0.2) is 62.9 Å². The largest absolute Gasteiger partial charge is 0.382 e. The number of Topliss-reactive ketones (excluding diaryl/α,β-unsaturated/α-hetero) is 1. The van der Waals surface area contributed by atoms with Gasteiger partial charge < -0.3 is 19.8 Å². The topological polar surface area (TPSA) is 98.6 Å². The van der Waals surface area contributed by atoms with Crippen LogP contribution in [0.1, 0.15) is 29.0 Å². The first kappa shape index (κ1) is 23.1. The second-order valence-electron chi connectivity index (χ2n) is 8.92. The van der Waals surface area contributed by atoms with Gasteiger partial charge in [0.2, 0.25) is 0 Å². The molecule has 3 aromatic heterocycles. The van der Waals surface area contributed by atoms with Gasteiger partial charge in [0.05, 0.1) is 24.1 Å². The zero-order valence-corrected chi connectivity index (χ0v) is 19.7. The van der Waals surface area contributed by atoms with Crippen molar-refractivity contribution in [1.82, 2.24) is 24.3 Å². The molecule has 5 rings (SSSR count). The van der Waals surface area contributed by atoms with E-state index in [-0.39, 0.29) is 35.6 Å². The van der Waals surface area contributed by atoms with E-state index in [2.05, 4.69) is 14.9 Å². The van der Waals surface area contributed by atoms with Crippen LogP contribution < -0.4 is 5.73 Å². The SMILES string of the molecule is Cc1cnc2ccc(-c3nc(C(=O)CCC4CN(C)CCO4)c(N)nc3-c3ccc(F)cc3)cn12. The van der Waals surface area contributed by atoms with Crippen LogP contribution >= 0.6 is 0 Å². The minimum absolute atomic E-state index is 0.00327. The Morgan fingerprint density at radius 2 is 1.89 bits per heavy atom. The second kappa shape index (κ2) is 9.52. The van der Waals surface area contributed by atoms with E-state index in [9.17, 15) is 9.18 Å². The number of nitrogen functional groups attached to an aromatic ring is 1. The van der Waals surface area contributed by atoms with Crippen LogP contribution in [0.5, 0.6) is 0 Å². The third-order valence-corrected chi connectivity index (χ3v) is 6.30. The van der Waals surface area contributed by atoms with Gasteiger partial charge in [0.1, 0.15) is 17.2 Å². The molecule has 0 saturated carbocycles. The van der Waals surface area contributed by atoms with Crippen LogP contribution in [0, 0.1) is 12.7 Å². The molecule has 1 saturated heterocycles. The molecule has 1 unspecified atom stereocenters. The lowest BCUT2D eigenvalue weighted by Gasteiger charge is -2.29. The number of carbonyl (C=O) groups excluding carboxylic acids is 1. The highest BCUT2D eigenvalue weighted by molar-refractivity contribution is 5.99. The minimum Gasteiger partial charge on any atom is -0.382 e. The third-order valence-electron chi connectivity index (χ3n) is 6.30. The van der Waals surface area contributed by atoms with E-state index in [1.807, 2.05) is 36.7 Å². The summed E-state index contributed by atoms with van der Waals surface area (Å²) in [5.41, 5.74) is 10.5. The molecule has 1 fully saturated rings. The number of imidazole rings is 1. The molecular weight excluding hydrogens is 447 g/mol. The zero-order chi connectivity index (χ0) is 24.5. The van der Waals surface area contributed by atoms with Crippen molar-refractivity contribution in [2.24, 2.45) is 0 Å². The summed E-state index contributed by atoms with van der Waals surface area (Å²) in [4.78, 5) is 29.0. The maximum Gasteiger partial charge on any atom is 0.185 e. The molecule has 9 heteroatoms. The number of aromatic nitrogens is 4. The number of morpholine rings is 1. The maximum absolute atomic E-state index is 13.6. The standard InChI is InChI=1S/C26H27FN6O2/c1-16-13-29-22-10-5-18(14-33(16)22)24-23(17-3-6-19(27)7-4-17)31-26(28)25(30-24)21(34)9-8-20-15-32(2)11-12-35-20/h3-7,10,13-14,20H,8-9,11-12,15H2,1-2H3,(H2,28,31). The number of hydrogen-bond donors (Lipinski definition) is 1. The van der Waals surface area contributed by atoms with Gasteiger partial charge in [0, 0.05) is 48.7 Å². The van der Waals surface area contributed by atoms with Crippen molar-refractivity contribution < 1.29 is 13.9 Å². The normalized spacial score (nSPS) is 16.6. The fourth-order valence-electron chi connectivity index (χ4n) is 4.36. The molecule has 0 radical (unpaired) electrons. The number of carbonyl (C=O) groups is 1. The number of rotatable bonds is 6. The van der Waals surface area contributed by atoms with E-state index in [1.165, 1.54) is 12.1 Å². The Morgan fingerprint density at radius 1 is 1.14 bits per heavy atom. The van der Waals surface area contributed by atoms with E-state index in [4.69, 9.17) is 15.5 Å². The molecule has 2 N–H and O–H groups in total. The lowest BCUT2D eigenvalue weighted by Crippen LogP contribution is -2.40. The van der Waals surface area contributed by atoms with Gasteiger partial charge in [-0.3, -0.25) is 4.79 Å². The van der Waals surface area contributed by atoms with Crippen molar-refractivity contribution in [3.63, 3.8) is 0 Å². The Kier molecular flexibility index (Phi) is 6.27. The van der Waals surface area contributed by atoms with E-state index in [0.29, 0.717) is 30.0 Å².